The minimum atomic E-state index is 0.423. The summed E-state index contributed by atoms with van der Waals surface area (Å²) in [5.41, 5.74) is 0.928. The van der Waals surface area contributed by atoms with Crippen LogP contribution < -0.4 is 9.47 Å². The van der Waals surface area contributed by atoms with Gasteiger partial charge in [0, 0.05) is 12.1 Å². The van der Waals surface area contributed by atoms with Gasteiger partial charge in [-0.3, -0.25) is 4.98 Å². The molecule has 17 heavy (non-hydrogen) atoms. The van der Waals surface area contributed by atoms with Crippen LogP contribution in [0.2, 0.25) is 0 Å². The lowest BCUT2D eigenvalue weighted by Gasteiger charge is -2.06. The number of ether oxygens (including phenoxy) is 2. The summed E-state index contributed by atoms with van der Waals surface area (Å²) in [5, 5.41) is 0. The van der Waals surface area contributed by atoms with Crippen LogP contribution >= 0.6 is 11.6 Å². The number of alkyl halides is 1. The second-order valence-electron chi connectivity index (χ2n) is 3.44. The van der Waals surface area contributed by atoms with Gasteiger partial charge in [0.05, 0.1) is 13.3 Å². The van der Waals surface area contributed by atoms with Gasteiger partial charge in [0.25, 0.3) is 0 Å². The highest BCUT2D eigenvalue weighted by Gasteiger charge is 2.00. The van der Waals surface area contributed by atoms with Crippen LogP contribution in [0.5, 0.6) is 17.2 Å². The number of hydrogen-bond donors (Lipinski definition) is 0. The smallest absolute Gasteiger partial charge is 0.146 e. The minimum Gasteiger partial charge on any atom is -0.497 e. The quantitative estimate of drug-likeness (QED) is 0.776. The van der Waals surface area contributed by atoms with Gasteiger partial charge >= 0.3 is 0 Å². The lowest BCUT2D eigenvalue weighted by atomic mass is 10.3. The molecule has 0 saturated heterocycles. The molecule has 0 bridgehead atoms. The Balaban J connectivity index is 2.13. The Hall–Kier alpha value is -1.74. The summed E-state index contributed by atoms with van der Waals surface area (Å²) in [6.07, 6.45) is 3.37. The van der Waals surface area contributed by atoms with Crippen LogP contribution in [0.1, 0.15) is 5.56 Å². The molecular weight excluding hydrogens is 238 g/mol. The van der Waals surface area contributed by atoms with Crippen molar-refractivity contribution in [1.29, 1.82) is 0 Å². The van der Waals surface area contributed by atoms with Crippen LogP contribution in [0.15, 0.2) is 42.7 Å². The molecule has 0 fully saturated rings. The summed E-state index contributed by atoms with van der Waals surface area (Å²) in [6.45, 7) is 0. The first-order valence-electron chi connectivity index (χ1n) is 5.13. The average Bonchev–Trinajstić information content (AvgIpc) is 2.40. The van der Waals surface area contributed by atoms with E-state index in [0.717, 1.165) is 17.1 Å². The number of methoxy groups -OCH3 is 1. The van der Waals surface area contributed by atoms with E-state index in [1.165, 1.54) is 0 Å². The molecule has 0 spiro atoms. The molecule has 1 heterocycles. The van der Waals surface area contributed by atoms with Crippen LogP contribution in [0.4, 0.5) is 0 Å². The molecule has 0 saturated carbocycles. The van der Waals surface area contributed by atoms with Crippen molar-refractivity contribution in [3.05, 3.63) is 48.3 Å². The summed E-state index contributed by atoms with van der Waals surface area (Å²) >= 11 is 5.73. The van der Waals surface area contributed by atoms with Crippen LogP contribution in [0.25, 0.3) is 0 Å². The van der Waals surface area contributed by atoms with Crippen LogP contribution in [0, 0.1) is 0 Å². The molecule has 0 unspecified atom stereocenters. The maximum absolute atomic E-state index is 5.73. The van der Waals surface area contributed by atoms with E-state index in [1.807, 2.05) is 30.3 Å². The second-order valence-corrected chi connectivity index (χ2v) is 3.71. The highest BCUT2D eigenvalue weighted by Crippen LogP contribution is 2.23. The predicted molar refractivity (Wildman–Crippen MR) is 66.9 cm³/mol. The summed E-state index contributed by atoms with van der Waals surface area (Å²) in [7, 11) is 1.63. The maximum atomic E-state index is 5.73. The van der Waals surface area contributed by atoms with Gasteiger partial charge in [-0.2, -0.15) is 0 Å². The standard InChI is InChI=1S/C13H12ClNO2/c1-16-11-2-4-12(5-3-11)17-13-6-10(7-14)8-15-9-13/h2-6,8-9H,7H2,1H3. The van der Waals surface area contributed by atoms with Gasteiger partial charge < -0.3 is 9.47 Å². The molecule has 1 aromatic heterocycles. The third kappa shape index (κ3) is 3.11. The fraction of sp³-hybridized carbons (Fsp3) is 0.154. The number of benzene rings is 1. The van der Waals surface area contributed by atoms with E-state index in [9.17, 15) is 0 Å². The molecule has 88 valence electrons. The van der Waals surface area contributed by atoms with Gasteiger partial charge in [-0.25, -0.2) is 0 Å². The number of pyridine rings is 1. The molecule has 1 aromatic carbocycles. The van der Waals surface area contributed by atoms with Gasteiger partial charge in [-0.05, 0) is 35.9 Å². The molecule has 2 rings (SSSR count). The molecule has 0 radical (unpaired) electrons. The lowest BCUT2D eigenvalue weighted by molar-refractivity contribution is 0.412. The minimum absolute atomic E-state index is 0.423. The van der Waals surface area contributed by atoms with Gasteiger partial charge in [-0.1, -0.05) is 0 Å². The van der Waals surface area contributed by atoms with Gasteiger partial charge in [0.15, 0.2) is 0 Å². The van der Waals surface area contributed by atoms with E-state index in [1.54, 1.807) is 19.5 Å². The van der Waals surface area contributed by atoms with E-state index in [0.29, 0.717) is 11.6 Å². The van der Waals surface area contributed by atoms with Crippen LogP contribution in [-0.4, -0.2) is 12.1 Å². The molecule has 2 aromatic rings. The third-order valence-corrected chi connectivity index (χ3v) is 2.53. The number of rotatable bonds is 4. The fourth-order valence-electron chi connectivity index (χ4n) is 1.37. The van der Waals surface area contributed by atoms with Crippen molar-refractivity contribution in [2.24, 2.45) is 0 Å². The van der Waals surface area contributed by atoms with Crippen molar-refractivity contribution in [2.75, 3.05) is 7.11 Å². The average molecular weight is 250 g/mol. The van der Waals surface area contributed by atoms with Crippen molar-refractivity contribution < 1.29 is 9.47 Å². The normalized spacial score (nSPS) is 10.0. The predicted octanol–water partition coefficient (Wildman–Crippen LogP) is 3.62. The van der Waals surface area contributed by atoms with Crippen molar-refractivity contribution in [2.45, 2.75) is 5.88 Å². The zero-order valence-corrected chi connectivity index (χ0v) is 10.1. The Morgan fingerprint density at radius 2 is 1.76 bits per heavy atom. The molecular formula is C13H12ClNO2. The fourth-order valence-corrected chi connectivity index (χ4v) is 1.52. The highest BCUT2D eigenvalue weighted by atomic mass is 35.5. The zero-order chi connectivity index (χ0) is 12.1. The van der Waals surface area contributed by atoms with Gasteiger partial charge in [-0.15, -0.1) is 11.6 Å². The monoisotopic (exact) mass is 249 g/mol. The Morgan fingerprint density at radius 3 is 2.41 bits per heavy atom. The van der Waals surface area contributed by atoms with E-state index in [4.69, 9.17) is 21.1 Å². The first-order chi connectivity index (χ1) is 8.31. The number of hydrogen-bond acceptors (Lipinski definition) is 3. The molecule has 0 aliphatic heterocycles. The number of aromatic nitrogens is 1. The van der Waals surface area contributed by atoms with E-state index < -0.39 is 0 Å². The second kappa shape index (κ2) is 5.55. The topological polar surface area (TPSA) is 31.4 Å². The van der Waals surface area contributed by atoms with Crippen molar-refractivity contribution in [1.82, 2.24) is 4.98 Å². The first kappa shape index (κ1) is 11.7. The molecule has 0 N–H and O–H groups in total. The van der Waals surface area contributed by atoms with Crippen molar-refractivity contribution in [3.63, 3.8) is 0 Å². The highest BCUT2D eigenvalue weighted by molar-refractivity contribution is 6.17. The van der Waals surface area contributed by atoms with Crippen LogP contribution in [0.3, 0.4) is 0 Å². The molecule has 0 atom stereocenters. The summed E-state index contributed by atoms with van der Waals surface area (Å²) in [5.74, 6) is 2.63. The number of nitrogens with zero attached hydrogens (tertiary/aromatic N) is 1. The largest absolute Gasteiger partial charge is 0.497 e. The molecule has 4 heteroatoms. The maximum Gasteiger partial charge on any atom is 0.146 e. The zero-order valence-electron chi connectivity index (χ0n) is 9.39. The Bertz CT molecular complexity index is 485. The first-order valence-corrected chi connectivity index (χ1v) is 5.67. The molecule has 0 aliphatic rings. The lowest BCUT2D eigenvalue weighted by Crippen LogP contribution is -1.88. The van der Waals surface area contributed by atoms with E-state index >= 15 is 0 Å². The Labute approximate surface area is 105 Å². The SMILES string of the molecule is COc1ccc(Oc2cncc(CCl)c2)cc1. The molecule has 0 aliphatic carbocycles. The third-order valence-electron chi connectivity index (χ3n) is 2.22. The molecule has 0 amide bonds. The Kier molecular flexibility index (Phi) is 3.83. The Morgan fingerprint density at radius 1 is 1.06 bits per heavy atom. The number of halogens is 1. The van der Waals surface area contributed by atoms with Crippen molar-refractivity contribution in [3.8, 4) is 17.2 Å². The van der Waals surface area contributed by atoms with Crippen LogP contribution in [-0.2, 0) is 5.88 Å². The summed E-state index contributed by atoms with van der Waals surface area (Å²) < 4.78 is 10.7. The van der Waals surface area contributed by atoms with E-state index in [-0.39, 0.29) is 0 Å². The van der Waals surface area contributed by atoms with Crippen molar-refractivity contribution >= 4 is 11.6 Å². The summed E-state index contributed by atoms with van der Waals surface area (Å²) in [6, 6.07) is 9.23. The summed E-state index contributed by atoms with van der Waals surface area (Å²) in [4.78, 5) is 4.05. The van der Waals surface area contributed by atoms with E-state index in [2.05, 4.69) is 4.98 Å². The van der Waals surface area contributed by atoms with Gasteiger partial charge in [0.2, 0.25) is 0 Å². The van der Waals surface area contributed by atoms with Gasteiger partial charge in [0.1, 0.15) is 17.2 Å². The molecule has 3 nitrogen and oxygen atoms in total.